The molecule has 0 bridgehead atoms. The molecular formula is C48H90N4O6. The molecule has 0 aliphatic carbocycles. The number of rotatable bonds is 44. The van der Waals surface area contributed by atoms with Crippen LogP contribution in [0, 0.1) is 0 Å². The molecule has 58 heavy (non-hydrogen) atoms. The van der Waals surface area contributed by atoms with Crippen molar-refractivity contribution in [3.05, 3.63) is 18.2 Å². The molecule has 1 aromatic rings. The highest BCUT2D eigenvalue weighted by Gasteiger charge is 2.25. The predicted octanol–water partition coefficient (Wildman–Crippen LogP) is 11.3. The quantitative estimate of drug-likeness (QED) is 0.0438. The first-order valence-corrected chi connectivity index (χ1v) is 24.4. The molecule has 0 aliphatic rings. The molecule has 1 heterocycles. The molecular weight excluding hydrogens is 729 g/mol. The van der Waals surface area contributed by atoms with E-state index in [1.54, 1.807) is 17.4 Å². The van der Waals surface area contributed by atoms with E-state index >= 15 is 0 Å². The first-order chi connectivity index (χ1) is 28.5. The molecule has 0 saturated heterocycles. The Morgan fingerprint density at radius 3 is 1.29 bits per heavy atom. The molecule has 1 rings (SSSR count). The Bertz CT molecular complexity index is 1000. The van der Waals surface area contributed by atoms with Crippen molar-refractivity contribution in [2.75, 3.05) is 39.5 Å². The first kappa shape index (κ1) is 53.6. The van der Waals surface area contributed by atoms with Gasteiger partial charge in [-0.2, -0.15) is 0 Å². The van der Waals surface area contributed by atoms with Gasteiger partial charge in [0.05, 0.1) is 32.1 Å². The van der Waals surface area contributed by atoms with Crippen LogP contribution in [0.3, 0.4) is 0 Å². The van der Waals surface area contributed by atoms with E-state index in [-0.39, 0.29) is 57.3 Å². The number of nitrogens with zero attached hydrogens (tertiary/aromatic N) is 2. The maximum absolute atomic E-state index is 13.8. The van der Waals surface area contributed by atoms with Crippen LogP contribution in [0.4, 0.5) is 0 Å². The van der Waals surface area contributed by atoms with Crippen LogP contribution in [0.15, 0.2) is 12.5 Å². The molecule has 338 valence electrons. The Morgan fingerprint density at radius 1 is 0.603 bits per heavy atom. The summed E-state index contributed by atoms with van der Waals surface area (Å²) in [5.41, 5.74) is 0.786. The third-order valence-electron chi connectivity index (χ3n) is 11.3. The second-order valence-electron chi connectivity index (χ2n) is 16.7. The van der Waals surface area contributed by atoms with Gasteiger partial charge in [-0.3, -0.25) is 14.4 Å². The fraction of sp³-hybridized carbons (Fsp3) is 0.875. The van der Waals surface area contributed by atoms with E-state index in [2.05, 4.69) is 29.1 Å². The highest BCUT2D eigenvalue weighted by molar-refractivity contribution is 5.82. The van der Waals surface area contributed by atoms with Crippen LogP contribution in [-0.4, -0.2) is 83.3 Å². The van der Waals surface area contributed by atoms with Crippen LogP contribution >= 0.6 is 0 Å². The number of hydrogen-bond acceptors (Lipinski definition) is 8. The van der Waals surface area contributed by atoms with Gasteiger partial charge < -0.3 is 29.8 Å². The minimum atomic E-state index is -0.625. The van der Waals surface area contributed by atoms with Crippen LogP contribution in [0.25, 0.3) is 0 Å². The van der Waals surface area contributed by atoms with Gasteiger partial charge in [-0.1, -0.05) is 194 Å². The second kappa shape index (κ2) is 41.3. The molecule has 0 aromatic carbocycles. The number of aromatic nitrogens is 2. The topological polar surface area (TPSA) is 134 Å². The summed E-state index contributed by atoms with van der Waals surface area (Å²) in [6.07, 6.45) is 42.6. The number of unbranched alkanes of at least 4 members (excludes halogenated alkanes) is 28. The molecule has 0 radical (unpaired) electrons. The number of aliphatic hydroxyl groups is 1. The summed E-state index contributed by atoms with van der Waals surface area (Å²) in [5, 5.41) is 12.6. The first-order valence-electron chi connectivity index (χ1n) is 24.4. The molecule has 1 atom stereocenters. The number of amides is 1. The number of nitrogens with one attached hydrogen (secondary N) is 2. The van der Waals surface area contributed by atoms with Crippen LogP contribution < -0.4 is 5.32 Å². The number of hydrogen-bond donors (Lipinski definition) is 3. The largest absolute Gasteiger partial charge is 0.464 e. The number of carbonyl (C=O) groups excluding carboxylic acids is 3. The molecule has 0 spiro atoms. The van der Waals surface area contributed by atoms with Gasteiger partial charge in [0.25, 0.3) is 0 Å². The second-order valence-corrected chi connectivity index (χ2v) is 16.7. The SMILES string of the molecule is CCCCCCCCCCCCCCCCCC(=O)OCCN(CCOC(=O)CCCCCCCCCCCCCCCCC)C(=O)C(Cc1cnc[nH]1)NCCO. The normalized spacial score (nSPS) is 11.8. The molecule has 10 heteroatoms. The Balaban J connectivity index is 2.31. The van der Waals surface area contributed by atoms with Crippen molar-refractivity contribution in [3.63, 3.8) is 0 Å². The van der Waals surface area contributed by atoms with Gasteiger partial charge >= 0.3 is 11.9 Å². The molecule has 0 saturated carbocycles. The summed E-state index contributed by atoms with van der Waals surface area (Å²) in [7, 11) is 0. The highest BCUT2D eigenvalue weighted by atomic mass is 16.5. The van der Waals surface area contributed by atoms with E-state index in [0.29, 0.717) is 19.3 Å². The van der Waals surface area contributed by atoms with E-state index in [9.17, 15) is 19.5 Å². The Hall–Kier alpha value is -2.46. The standard InChI is InChI=1S/C48H90N4O6/c1-3-5-7-9-11-13-15-17-19-21-23-25-27-29-31-33-46(54)57-39-36-52(48(56)45(50-35-38-53)41-44-42-49-43-51-44)37-40-58-47(55)34-32-30-28-26-24-22-20-18-16-14-12-10-8-6-4-2/h42-43,45,50,53H,3-41H2,1-2H3,(H,49,51). The van der Waals surface area contributed by atoms with E-state index in [1.165, 1.54) is 154 Å². The molecule has 3 N–H and O–H groups in total. The lowest BCUT2D eigenvalue weighted by molar-refractivity contribution is -0.148. The number of ether oxygens (including phenoxy) is 2. The average molecular weight is 819 g/mol. The summed E-state index contributed by atoms with van der Waals surface area (Å²) in [5.74, 6) is -0.700. The maximum Gasteiger partial charge on any atom is 0.305 e. The molecule has 10 nitrogen and oxygen atoms in total. The third-order valence-corrected chi connectivity index (χ3v) is 11.3. The molecule has 0 aliphatic heterocycles. The number of aliphatic hydroxyl groups excluding tert-OH is 1. The van der Waals surface area contributed by atoms with Crippen molar-refractivity contribution in [3.8, 4) is 0 Å². The number of imidazole rings is 1. The van der Waals surface area contributed by atoms with E-state index in [0.717, 1.165) is 44.2 Å². The third kappa shape index (κ3) is 33.4. The zero-order valence-corrected chi connectivity index (χ0v) is 37.7. The fourth-order valence-electron chi connectivity index (χ4n) is 7.62. The van der Waals surface area contributed by atoms with Crippen molar-refractivity contribution < 1.29 is 29.0 Å². The Labute approximate surface area is 355 Å². The van der Waals surface area contributed by atoms with Crippen LogP contribution in [0.1, 0.15) is 225 Å². The zero-order valence-electron chi connectivity index (χ0n) is 37.7. The molecule has 1 unspecified atom stereocenters. The van der Waals surface area contributed by atoms with Gasteiger partial charge in [-0.05, 0) is 12.8 Å². The molecule has 1 aromatic heterocycles. The molecule has 1 amide bonds. The summed E-state index contributed by atoms with van der Waals surface area (Å²) in [6.45, 7) is 5.22. The van der Waals surface area contributed by atoms with Crippen molar-refractivity contribution in [1.29, 1.82) is 0 Å². The van der Waals surface area contributed by atoms with Gasteiger partial charge in [0.15, 0.2) is 0 Å². The maximum atomic E-state index is 13.8. The predicted molar refractivity (Wildman–Crippen MR) is 239 cm³/mol. The lowest BCUT2D eigenvalue weighted by Crippen LogP contribution is -2.50. The summed E-state index contributed by atoms with van der Waals surface area (Å²) < 4.78 is 11.1. The summed E-state index contributed by atoms with van der Waals surface area (Å²) >= 11 is 0. The van der Waals surface area contributed by atoms with Gasteiger partial charge in [-0.15, -0.1) is 0 Å². The number of carbonyl (C=O) groups is 3. The average Bonchev–Trinajstić information content (AvgIpc) is 3.75. The lowest BCUT2D eigenvalue weighted by atomic mass is 10.0. The van der Waals surface area contributed by atoms with Gasteiger partial charge in [0.1, 0.15) is 13.2 Å². The van der Waals surface area contributed by atoms with Gasteiger partial charge in [0.2, 0.25) is 5.91 Å². The lowest BCUT2D eigenvalue weighted by Gasteiger charge is -2.27. The number of H-pyrrole nitrogens is 1. The van der Waals surface area contributed by atoms with Crippen molar-refractivity contribution in [2.45, 2.75) is 232 Å². The molecule has 0 fully saturated rings. The smallest absolute Gasteiger partial charge is 0.305 e. The Kier molecular flexibility index (Phi) is 38.1. The van der Waals surface area contributed by atoms with E-state index in [4.69, 9.17) is 9.47 Å². The van der Waals surface area contributed by atoms with Gasteiger partial charge in [-0.25, -0.2) is 4.98 Å². The fourth-order valence-corrected chi connectivity index (χ4v) is 7.62. The summed E-state index contributed by atoms with van der Waals surface area (Å²) in [6, 6.07) is -0.625. The number of esters is 2. The highest BCUT2D eigenvalue weighted by Crippen LogP contribution is 2.16. The van der Waals surface area contributed by atoms with Gasteiger partial charge in [0, 0.05) is 37.7 Å². The van der Waals surface area contributed by atoms with E-state index in [1.807, 2.05) is 0 Å². The van der Waals surface area contributed by atoms with Crippen molar-refractivity contribution in [2.24, 2.45) is 0 Å². The Morgan fingerprint density at radius 2 is 0.966 bits per heavy atom. The van der Waals surface area contributed by atoms with E-state index < -0.39 is 6.04 Å². The minimum Gasteiger partial charge on any atom is -0.464 e. The van der Waals surface area contributed by atoms with Crippen molar-refractivity contribution >= 4 is 17.8 Å². The van der Waals surface area contributed by atoms with Crippen molar-refractivity contribution in [1.82, 2.24) is 20.2 Å². The zero-order chi connectivity index (χ0) is 42.0. The van der Waals surface area contributed by atoms with Crippen LogP contribution in [0.2, 0.25) is 0 Å². The van der Waals surface area contributed by atoms with Crippen LogP contribution in [0.5, 0.6) is 0 Å². The number of aromatic amines is 1. The monoisotopic (exact) mass is 819 g/mol. The minimum absolute atomic E-state index is 0.0765. The van der Waals surface area contributed by atoms with Crippen LogP contribution in [-0.2, 0) is 30.3 Å². The summed E-state index contributed by atoms with van der Waals surface area (Å²) in [4.78, 5) is 47.6.